The second-order valence-electron chi connectivity index (χ2n) is 5.39. The molecule has 0 fully saturated rings. The molecule has 0 radical (unpaired) electrons. The molecule has 1 aliphatic heterocycles. The zero-order chi connectivity index (χ0) is 18.9. The molecule has 1 aromatic heterocycles. The standard InChI is InChI=1S/C15H14F3N5O3/c1-2-26-10-6-4-3-5-8(10)19-12(25)9-7-11(24)20-14-21-13(15(16,17)18)22-23(9)14/h3-6,9H,2,7H2,1H3,(H,19,25)(H,20,21,22,24)/t9-/m0/s1. The van der Waals surface area contributed by atoms with E-state index in [9.17, 15) is 22.8 Å². The molecular formula is C15H14F3N5O3. The van der Waals surface area contributed by atoms with Crippen LogP contribution in [0.25, 0.3) is 0 Å². The average Bonchev–Trinajstić information content (AvgIpc) is 3.00. The molecule has 11 heteroatoms. The number of hydrogen-bond donors (Lipinski definition) is 2. The molecule has 1 aromatic carbocycles. The van der Waals surface area contributed by atoms with Gasteiger partial charge in [-0.2, -0.15) is 18.2 Å². The number of halogens is 3. The zero-order valence-corrected chi connectivity index (χ0v) is 13.5. The fourth-order valence-corrected chi connectivity index (χ4v) is 2.45. The Kier molecular flexibility index (Phi) is 4.53. The van der Waals surface area contributed by atoms with Crippen LogP contribution in [0.5, 0.6) is 5.75 Å². The number of anilines is 2. The molecule has 138 valence electrons. The highest BCUT2D eigenvalue weighted by Gasteiger charge is 2.41. The highest BCUT2D eigenvalue weighted by molar-refractivity contribution is 6.01. The van der Waals surface area contributed by atoms with Gasteiger partial charge in [-0.1, -0.05) is 12.1 Å². The Hall–Kier alpha value is -3.11. The summed E-state index contributed by atoms with van der Waals surface area (Å²) < 4.78 is 44.6. The predicted octanol–water partition coefficient (Wildman–Crippen LogP) is 2.22. The molecule has 2 aromatic rings. The summed E-state index contributed by atoms with van der Waals surface area (Å²) >= 11 is 0. The molecule has 1 atom stereocenters. The number of rotatable bonds is 4. The molecule has 0 saturated carbocycles. The van der Waals surface area contributed by atoms with E-state index in [1.54, 1.807) is 31.2 Å². The maximum Gasteiger partial charge on any atom is 0.453 e. The third kappa shape index (κ3) is 3.46. The van der Waals surface area contributed by atoms with Gasteiger partial charge in [0, 0.05) is 0 Å². The lowest BCUT2D eigenvalue weighted by molar-refractivity contribution is -0.145. The van der Waals surface area contributed by atoms with Crippen LogP contribution in [0, 0.1) is 0 Å². The van der Waals surface area contributed by atoms with E-state index in [0.29, 0.717) is 18.0 Å². The summed E-state index contributed by atoms with van der Waals surface area (Å²) in [5.74, 6) is -2.78. The zero-order valence-electron chi connectivity index (χ0n) is 13.5. The van der Waals surface area contributed by atoms with Crippen molar-refractivity contribution in [2.75, 3.05) is 17.2 Å². The van der Waals surface area contributed by atoms with Crippen LogP contribution in [0.15, 0.2) is 24.3 Å². The topological polar surface area (TPSA) is 98.1 Å². The van der Waals surface area contributed by atoms with E-state index in [1.807, 2.05) is 0 Å². The van der Waals surface area contributed by atoms with Crippen LogP contribution in [-0.4, -0.2) is 33.2 Å². The number of para-hydroxylation sites is 2. The van der Waals surface area contributed by atoms with Gasteiger partial charge < -0.3 is 10.1 Å². The summed E-state index contributed by atoms with van der Waals surface area (Å²) in [6, 6.07) is 5.32. The minimum Gasteiger partial charge on any atom is -0.492 e. The smallest absolute Gasteiger partial charge is 0.453 e. The van der Waals surface area contributed by atoms with E-state index in [0.717, 1.165) is 4.68 Å². The number of nitrogens with zero attached hydrogens (tertiary/aromatic N) is 3. The minimum absolute atomic E-state index is 0.336. The fourth-order valence-electron chi connectivity index (χ4n) is 2.45. The third-order valence-corrected chi connectivity index (χ3v) is 3.56. The first-order chi connectivity index (χ1) is 12.3. The molecule has 0 unspecified atom stereocenters. The van der Waals surface area contributed by atoms with Crippen LogP contribution < -0.4 is 15.4 Å². The third-order valence-electron chi connectivity index (χ3n) is 3.56. The monoisotopic (exact) mass is 369 g/mol. The van der Waals surface area contributed by atoms with Gasteiger partial charge in [0.05, 0.1) is 18.7 Å². The average molecular weight is 369 g/mol. The van der Waals surface area contributed by atoms with Gasteiger partial charge in [-0.3, -0.25) is 14.9 Å². The number of carbonyl (C=O) groups excluding carboxylic acids is 2. The van der Waals surface area contributed by atoms with Crippen LogP contribution in [0.3, 0.4) is 0 Å². The summed E-state index contributed by atoms with van der Waals surface area (Å²) in [7, 11) is 0. The Bertz CT molecular complexity index is 849. The molecule has 2 N–H and O–H groups in total. The molecule has 8 nitrogen and oxygen atoms in total. The van der Waals surface area contributed by atoms with Crippen molar-refractivity contribution in [1.82, 2.24) is 14.8 Å². The number of alkyl halides is 3. The first-order valence-electron chi connectivity index (χ1n) is 7.66. The van der Waals surface area contributed by atoms with Crippen LogP contribution in [-0.2, 0) is 15.8 Å². The van der Waals surface area contributed by atoms with Gasteiger partial charge in [-0.15, -0.1) is 5.10 Å². The van der Waals surface area contributed by atoms with Crippen molar-refractivity contribution >= 4 is 23.5 Å². The van der Waals surface area contributed by atoms with E-state index in [2.05, 4.69) is 20.7 Å². The number of amides is 2. The molecule has 2 amide bonds. The first-order valence-corrected chi connectivity index (χ1v) is 7.66. The highest BCUT2D eigenvalue weighted by Crippen LogP contribution is 2.32. The number of hydrogen-bond acceptors (Lipinski definition) is 5. The van der Waals surface area contributed by atoms with Gasteiger partial charge >= 0.3 is 6.18 Å². The Morgan fingerprint density at radius 2 is 2.15 bits per heavy atom. The van der Waals surface area contributed by atoms with E-state index in [-0.39, 0.29) is 6.42 Å². The second kappa shape index (κ2) is 6.65. The lowest BCUT2D eigenvalue weighted by Crippen LogP contribution is -2.36. The molecule has 2 heterocycles. The summed E-state index contributed by atoms with van der Waals surface area (Å²) in [5.41, 5.74) is 0.336. The van der Waals surface area contributed by atoms with Crippen molar-refractivity contribution in [1.29, 1.82) is 0 Å². The minimum atomic E-state index is -4.79. The Labute approximate surface area is 145 Å². The largest absolute Gasteiger partial charge is 0.492 e. The Morgan fingerprint density at radius 1 is 1.42 bits per heavy atom. The summed E-state index contributed by atoms with van der Waals surface area (Å²) in [6.45, 7) is 2.13. The SMILES string of the molecule is CCOc1ccccc1NC(=O)[C@@H]1CC(=O)Nc2nc(C(F)(F)F)nn21. The summed E-state index contributed by atoms with van der Waals surface area (Å²) in [5, 5.41) is 8.07. The van der Waals surface area contributed by atoms with Gasteiger partial charge in [-0.25, -0.2) is 4.68 Å². The van der Waals surface area contributed by atoms with E-state index in [1.165, 1.54) is 0 Å². The fraction of sp³-hybridized carbons (Fsp3) is 0.333. The van der Waals surface area contributed by atoms with Gasteiger partial charge in [0.1, 0.15) is 11.8 Å². The molecule has 1 aliphatic rings. The van der Waals surface area contributed by atoms with Gasteiger partial charge in [-0.05, 0) is 19.1 Å². The molecule has 0 aliphatic carbocycles. The number of carbonyl (C=O) groups is 2. The first kappa shape index (κ1) is 17.7. The second-order valence-corrected chi connectivity index (χ2v) is 5.39. The highest BCUT2D eigenvalue weighted by atomic mass is 19.4. The van der Waals surface area contributed by atoms with E-state index in [4.69, 9.17) is 4.74 Å². The maximum absolute atomic E-state index is 12.8. The van der Waals surface area contributed by atoms with Crippen molar-refractivity contribution in [3.05, 3.63) is 30.1 Å². The van der Waals surface area contributed by atoms with E-state index < -0.39 is 35.8 Å². The normalized spacial score (nSPS) is 16.6. The Morgan fingerprint density at radius 3 is 2.85 bits per heavy atom. The maximum atomic E-state index is 12.8. The number of aromatic nitrogens is 3. The van der Waals surface area contributed by atoms with Gasteiger partial charge in [0.15, 0.2) is 0 Å². The number of fused-ring (bicyclic) bond motifs is 1. The number of benzene rings is 1. The van der Waals surface area contributed by atoms with Crippen LogP contribution in [0.2, 0.25) is 0 Å². The van der Waals surface area contributed by atoms with Crippen molar-refractivity contribution in [2.24, 2.45) is 0 Å². The van der Waals surface area contributed by atoms with Crippen LogP contribution >= 0.6 is 0 Å². The number of ether oxygens (including phenoxy) is 1. The summed E-state index contributed by atoms with van der Waals surface area (Å²) in [6.07, 6.45) is -5.16. The predicted molar refractivity (Wildman–Crippen MR) is 83.5 cm³/mol. The molecular weight excluding hydrogens is 355 g/mol. The lowest BCUT2D eigenvalue weighted by Gasteiger charge is -2.23. The quantitative estimate of drug-likeness (QED) is 0.861. The van der Waals surface area contributed by atoms with Crippen LogP contribution in [0.1, 0.15) is 25.2 Å². The van der Waals surface area contributed by atoms with Gasteiger partial charge in [0.2, 0.25) is 17.8 Å². The van der Waals surface area contributed by atoms with Gasteiger partial charge in [0.25, 0.3) is 5.82 Å². The number of nitrogens with one attached hydrogen (secondary N) is 2. The summed E-state index contributed by atoms with van der Waals surface area (Å²) in [4.78, 5) is 27.6. The molecule has 0 bridgehead atoms. The van der Waals surface area contributed by atoms with Crippen molar-refractivity contribution < 1.29 is 27.5 Å². The molecule has 0 spiro atoms. The Balaban J connectivity index is 1.89. The molecule has 3 rings (SSSR count). The molecule has 26 heavy (non-hydrogen) atoms. The van der Waals surface area contributed by atoms with Crippen molar-refractivity contribution in [3.63, 3.8) is 0 Å². The van der Waals surface area contributed by atoms with Crippen molar-refractivity contribution in [2.45, 2.75) is 25.6 Å². The van der Waals surface area contributed by atoms with Crippen molar-refractivity contribution in [3.8, 4) is 5.75 Å². The molecule has 0 saturated heterocycles. The lowest BCUT2D eigenvalue weighted by atomic mass is 10.1. The van der Waals surface area contributed by atoms with Crippen LogP contribution in [0.4, 0.5) is 24.8 Å². The van der Waals surface area contributed by atoms with E-state index >= 15 is 0 Å².